The van der Waals surface area contributed by atoms with Gasteiger partial charge < -0.3 is 35.0 Å². The van der Waals surface area contributed by atoms with Gasteiger partial charge in [-0.15, -0.1) is 0 Å². The number of hydrogen-bond acceptors (Lipinski definition) is 9. The molecular weight excluding hydrogens is 662 g/mol. The summed E-state index contributed by atoms with van der Waals surface area (Å²) in [5, 5.41) is 24.2. The third kappa shape index (κ3) is 9.36. The van der Waals surface area contributed by atoms with Crippen molar-refractivity contribution in [1.29, 1.82) is 0 Å². The molecule has 5 N–H and O–H groups in total. The molecule has 0 radical (unpaired) electrons. The maximum atomic E-state index is 13.2. The van der Waals surface area contributed by atoms with Crippen LogP contribution in [0.2, 0.25) is 0 Å². The Balaban J connectivity index is 1.05. The molecule has 3 saturated heterocycles. The summed E-state index contributed by atoms with van der Waals surface area (Å²) in [5.74, 6) is -0.298. The van der Waals surface area contributed by atoms with Crippen molar-refractivity contribution in [1.82, 2.24) is 21.0 Å². The lowest BCUT2D eigenvalue weighted by molar-refractivity contribution is -0.253. The number of aliphatic hydroxyl groups is 1. The number of para-hydroxylation sites is 1. The molecule has 3 fully saturated rings. The summed E-state index contributed by atoms with van der Waals surface area (Å²) in [6.45, 7) is 3.20. The Hall–Kier alpha value is -4.33. The molecule has 6 rings (SSSR count). The highest BCUT2D eigenvalue weighted by Gasteiger charge is 2.50. The molecule has 3 atom stereocenters. The Kier molecular flexibility index (Phi) is 12.9. The number of aliphatic hydroxyl groups excluding tert-OH is 1. The van der Waals surface area contributed by atoms with Crippen LogP contribution in [0, 0.1) is 0 Å². The van der Waals surface area contributed by atoms with Crippen LogP contribution in [-0.2, 0) is 37.0 Å². The summed E-state index contributed by atoms with van der Waals surface area (Å²) in [5.41, 5.74) is 5.89. The van der Waals surface area contributed by atoms with Crippen LogP contribution in [-0.4, -0.2) is 70.9 Å². The summed E-state index contributed by atoms with van der Waals surface area (Å²) in [6.07, 6.45) is 5.05. The minimum Gasteiger partial charge on any atom is -0.392 e. The van der Waals surface area contributed by atoms with Crippen molar-refractivity contribution >= 4 is 23.4 Å². The van der Waals surface area contributed by atoms with Crippen LogP contribution in [0.1, 0.15) is 92.4 Å². The van der Waals surface area contributed by atoms with E-state index in [0.29, 0.717) is 32.5 Å². The van der Waals surface area contributed by atoms with E-state index < -0.39 is 11.8 Å². The number of rotatable bonds is 15. The third-order valence-corrected chi connectivity index (χ3v) is 10.6. The van der Waals surface area contributed by atoms with Crippen LogP contribution < -0.4 is 21.0 Å². The van der Waals surface area contributed by atoms with E-state index >= 15 is 0 Å². The fourth-order valence-electron chi connectivity index (χ4n) is 7.52. The van der Waals surface area contributed by atoms with E-state index in [-0.39, 0.29) is 43.0 Å². The zero-order chi connectivity index (χ0) is 36.3. The number of hydroxylamine groups is 1. The van der Waals surface area contributed by atoms with Gasteiger partial charge in [-0.1, -0.05) is 79.6 Å². The lowest BCUT2D eigenvalue weighted by Crippen LogP contribution is -2.57. The molecule has 278 valence electrons. The van der Waals surface area contributed by atoms with Crippen molar-refractivity contribution in [3.63, 3.8) is 0 Å². The molecule has 0 saturated carbocycles. The second-order valence-electron chi connectivity index (χ2n) is 14.1. The topological polar surface area (TPSA) is 153 Å². The molecule has 3 aromatic carbocycles. The van der Waals surface area contributed by atoms with Gasteiger partial charge in [0, 0.05) is 56.7 Å². The molecule has 3 heterocycles. The minimum atomic E-state index is -0.585. The van der Waals surface area contributed by atoms with E-state index in [4.69, 9.17) is 14.7 Å². The van der Waals surface area contributed by atoms with Gasteiger partial charge >= 0.3 is 0 Å². The van der Waals surface area contributed by atoms with E-state index in [2.05, 4.69) is 32.6 Å². The summed E-state index contributed by atoms with van der Waals surface area (Å²) in [7, 11) is 0. The first-order chi connectivity index (χ1) is 25.4. The van der Waals surface area contributed by atoms with E-state index in [0.717, 1.165) is 79.7 Å². The SMILES string of the molecule is O=C(CCCCCCC(=O)NCc1ccc(C2OC(CN3CCC4(CC3)C(=O)NCN4c3ccccc3)CC(c3ccc(CO)cc3)O2)cc1)NO. The molecule has 3 amide bonds. The number of nitrogens with zero attached hydrogens (tertiary/aromatic N) is 2. The number of anilines is 1. The summed E-state index contributed by atoms with van der Waals surface area (Å²) in [4.78, 5) is 41.3. The molecule has 0 aliphatic carbocycles. The Bertz CT molecular complexity index is 1610. The van der Waals surface area contributed by atoms with Crippen molar-refractivity contribution in [2.75, 3.05) is 31.2 Å². The number of ether oxygens (including phenoxy) is 2. The molecule has 12 heteroatoms. The van der Waals surface area contributed by atoms with Gasteiger partial charge in [-0.3, -0.25) is 19.6 Å². The maximum absolute atomic E-state index is 13.2. The van der Waals surface area contributed by atoms with Crippen molar-refractivity contribution in [2.45, 2.75) is 95.0 Å². The highest BCUT2D eigenvalue weighted by atomic mass is 16.7. The molecule has 3 aliphatic rings. The quantitative estimate of drug-likeness (QED) is 0.0864. The molecule has 1 spiro atoms. The fraction of sp³-hybridized carbons (Fsp3) is 0.475. The average molecular weight is 714 g/mol. The summed E-state index contributed by atoms with van der Waals surface area (Å²) >= 11 is 0. The average Bonchev–Trinajstić information content (AvgIpc) is 3.50. The van der Waals surface area contributed by atoms with Crippen LogP contribution in [0.5, 0.6) is 0 Å². The number of unbranched alkanes of at least 4 members (excludes halogenated alkanes) is 3. The van der Waals surface area contributed by atoms with Gasteiger partial charge in [0.05, 0.1) is 25.5 Å². The molecule has 3 aliphatic heterocycles. The van der Waals surface area contributed by atoms with Crippen LogP contribution >= 0.6 is 0 Å². The molecule has 12 nitrogen and oxygen atoms in total. The van der Waals surface area contributed by atoms with E-state index in [1.807, 2.05) is 66.7 Å². The zero-order valence-electron chi connectivity index (χ0n) is 29.7. The molecule has 52 heavy (non-hydrogen) atoms. The summed E-state index contributed by atoms with van der Waals surface area (Å²) < 4.78 is 13.2. The van der Waals surface area contributed by atoms with Crippen LogP contribution in [0.15, 0.2) is 78.9 Å². The fourth-order valence-corrected chi connectivity index (χ4v) is 7.52. The Morgan fingerprint density at radius 1 is 0.827 bits per heavy atom. The number of piperidine rings is 1. The highest BCUT2D eigenvalue weighted by Crippen LogP contribution is 2.40. The van der Waals surface area contributed by atoms with E-state index in [1.165, 1.54) is 0 Å². The smallest absolute Gasteiger partial charge is 0.247 e. The Morgan fingerprint density at radius 3 is 2.15 bits per heavy atom. The van der Waals surface area contributed by atoms with Crippen LogP contribution in [0.25, 0.3) is 0 Å². The highest BCUT2D eigenvalue weighted by molar-refractivity contribution is 5.93. The van der Waals surface area contributed by atoms with Crippen molar-refractivity contribution < 1.29 is 34.2 Å². The largest absolute Gasteiger partial charge is 0.392 e. The number of carbonyl (C=O) groups is 3. The molecular formula is C40H51N5O7. The maximum Gasteiger partial charge on any atom is 0.247 e. The number of nitrogens with one attached hydrogen (secondary N) is 3. The van der Waals surface area contributed by atoms with Gasteiger partial charge in [0.15, 0.2) is 6.29 Å². The summed E-state index contributed by atoms with van der Waals surface area (Å²) in [6, 6.07) is 26.0. The van der Waals surface area contributed by atoms with E-state index in [9.17, 15) is 19.5 Å². The lowest BCUT2D eigenvalue weighted by Gasteiger charge is -2.45. The van der Waals surface area contributed by atoms with E-state index in [1.54, 1.807) is 5.48 Å². The third-order valence-electron chi connectivity index (χ3n) is 10.6. The second kappa shape index (κ2) is 17.9. The molecule has 0 bridgehead atoms. The van der Waals surface area contributed by atoms with Gasteiger partial charge in [-0.05, 0) is 54.5 Å². The second-order valence-corrected chi connectivity index (χ2v) is 14.1. The van der Waals surface area contributed by atoms with Crippen molar-refractivity contribution in [2.24, 2.45) is 0 Å². The van der Waals surface area contributed by atoms with Gasteiger partial charge in [-0.2, -0.15) is 0 Å². The van der Waals surface area contributed by atoms with Crippen molar-refractivity contribution in [3.8, 4) is 0 Å². The Morgan fingerprint density at radius 2 is 1.48 bits per heavy atom. The first-order valence-electron chi connectivity index (χ1n) is 18.5. The van der Waals surface area contributed by atoms with Crippen LogP contribution in [0.3, 0.4) is 0 Å². The molecule has 3 unspecified atom stereocenters. The van der Waals surface area contributed by atoms with Gasteiger partial charge in [0.1, 0.15) is 5.54 Å². The van der Waals surface area contributed by atoms with Crippen LogP contribution in [0.4, 0.5) is 5.69 Å². The molecule has 3 aromatic rings. The van der Waals surface area contributed by atoms with Gasteiger partial charge in [0.25, 0.3) is 0 Å². The van der Waals surface area contributed by atoms with Crippen molar-refractivity contribution in [3.05, 3.63) is 101 Å². The monoisotopic (exact) mass is 713 g/mol. The number of amides is 3. The predicted octanol–water partition coefficient (Wildman–Crippen LogP) is 4.62. The Labute approximate surface area is 305 Å². The first-order valence-corrected chi connectivity index (χ1v) is 18.5. The number of carbonyl (C=O) groups excluding carboxylic acids is 3. The standard InChI is InChI=1S/C40H51N5O7/c46-27-30-14-16-31(17-15-30)35-24-34(26-44-22-20-40(21-23-44)39(49)42-28-45(40)33-8-4-3-5-9-33)51-38(52-35)32-18-12-29(13-19-32)25-41-36(47)10-6-1-2-7-11-37(48)43-50/h3-5,8-9,12-19,34-35,38,46,50H,1-2,6-7,10-11,20-28H2,(H,41,47)(H,42,49)(H,43,48). The lowest BCUT2D eigenvalue weighted by atomic mass is 9.85. The van der Waals surface area contributed by atoms with Gasteiger partial charge in [0.2, 0.25) is 17.7 Å². The van der Waals surface area contributed by atoms with Gasteiger partial charge in [-0.25, -0.2) is 5.48 Å². The number of likely N-dealkylation sites (tertiary alicyclic amines) is 1. The number of benzene rings is 3. The number of hydrogen-bond donors (Lipinski definition) is 5. The predicted molar refractivity (Wildman–Crippen MR) is 195 cm³/mol. The minimum absolute atomic E-state index is 0.0148. The first kappa shape index (κ1) is 37.4. The zero-order valence-corrected chi connectivity index (χ0v) is 29.7. The molecule has 0 aromatic heterocycles. The normalized spacial score (nSPS) is 21.5.